The van der Waals surface area contributed by atoms with Gasteiger partial charge < -0.3 is 5.32 Å². The van der Waals surface area contributed by atoms with Crippen molar-refractivity contribution in [2.45, 2.75) is 6.92 Å². The van der Waals surface area contributed by atoms with Gasteiger partial charge in [0, 0.05) is 16.8 Å². The minimum atomic E-state index is -0.419. The number of para-hydroxylation sites is 2. The first kappa shape index (κ1) is 12.4. The van der Waals surface area contributed by atoms with E-state index in [2.05, 4.69) is 5.32 Å². The van der Waals surface area contributed by atoms with Gasteiger partial charge in [-0.3, -0.25) is 10.1 Å². The van der Waals surface area contributed by atoms with Crippen molar-refractivity contribution in [3.05, 3.63) is 63.2 Å². The maximum absolute atomic E-state index is 10.9. The van der Waals surface area contributed by atoms with Crippen LogP contribution in [0, 0.1) is 17.0 Å². The first-order valence-electron chi connectivity index (χ1n) is 5.34. The van der Waals surface area contributed by atoms with Gasteiger partial charge in [-0.1, -0.05) is 29.8 Å². The molecule has 0 aliphatic heterocycles. The van der Waals surface area contributed by atoms with Gasteiger partial charge in [-0.15, -0.1) is 0 Å². The Hall–Kier alpha value is -2.07. The van der Waals surface area contributed by atoms with Crippen LogP contribution in [-0.4, -0.2) is 4.92 Å². The Morgan fingerprint density at radius 2 is 1.94 bits per heavy atom. The first-order valence-corrected chi connectivity index (χ1v) is 5.72. The molecule has 2 rings (SSSR count). The van der Waals surface area contributed by atoms with E-state index in [-0.39, 0.29) is 5.69 Å². The van der Waals surface area contributed by atoms with E-state index in [9.17, 15) is 10.1 Å². The normalized spacial score (nSPS) is 10.1. The summed E-state index contributed by atoms with van der Waals surface area (Å²) in [5.41, 5.74) is 2.17. The maximum atomic E-state index is 10.9. The molecule has 0 aliphatic carbocycles. The number of nitrogens with one attached hydrogen (secondary N) is 1. The topological polar surface area (TPSA) is 55.2 Å². The predicted molar refractivity (Wildman–Crippen MR) is 72.6 cm³/mol. The summed E-state index contributed by atoms with van der Waals surface area (Å²) in [6.07, 6.45) is 0. The Bertz CT molecular complexity index is 599. The molecule has 0 fully saturated rings. The third kappa shape index (κ3) is 2.60. The van der Waals surface area contributed by atoms with E-state index in [1.54, 1.807) is 24.3 Å². The molecular weight excluding hydrogens is 252 g/mol. The zero-order valence-corrected chi connectivity index (χ0v) is 10.4. The van der Waals surface area contributed by atoms with Gasteiger partial charge in [0.2, 0.25) is 0 Å². The van der Waals surface area contributed by atoms with Crippen molar-refractivity contribution in [2.24, 2.45) is 0 Å². The highest BCUT2D eigenvalue weighted by Gasteiger charge is 2.12. The SMILES string of the molecule is Cc1ccc(Nc2ccccc2[N+](=O)[O-])cc1Cl. The lowest BCUT2D eigenvalue weighted by Gasteiger charge is -2.08. The first-order chi connectivity index (χ1) is 8.58. The quantitative estimate of drug-likeness (QED) is 0.663. The van der Waals surface area contributed by atoms with Crippen molar-refractivity contribution in [1.29, 1.82) is 0 Å². The molecule has 5 heteroatoms. The van der Waals surface area contributed by atoms with Crippen LogP contribution in [0.15, 0.2) is 42.5 Å². The summed E-state index contributed by atoms with van der Waals surface area (Å²) in [6, 6.07) is 11.9. The number of rotatable bonds is 3. The van der Waals surface area contributed by atoms with Crippen LogP contribution in [0.1, 0.15) is 5.56 Å². The highest BCUT2D eigenvalue weighted by Crippen LogP contribution is 2.28. The minimum absolute atomic E-state index is 0.0363. The third-order valence-electron chi connectivity index (χ3n) is 2.55. The van der Waals surface area contributed by atoms with Crippen LogP contribution < -0.4 is 5.32 Å². The minimum Gasteiger partial charge on any atom is -0.350 e. The van der Waals surface area contributed by atoms with E-state index in [4.69, 9.17) is 11.6 Å². The Morgan fingerprint density at radius 1 is 1.22 bits per heavy atom. The van der Waals surface area contributed by atoms with Crippen LogP contribution in [0.4, 0.5) is 17.1 Å². The molecular formula is C13H11ClN2O2. The lowest BCUT2D eigenvalue weighted by Crippen LogP contribution is -1.96. The van der Waals surface area contributed by atoms with Crippen LogP contribution in [0.25, 0.3) is 0 Å². The maximum Gasteiger partial charge on any atom is 0.292 e. The molecule has 0 atom stereocenters. The summed E-state index contributed by atoms with van der Waals surface area (Å²) in [4.78, 5) is 10.5. The number of benzene rings is 2. The number of nitro benzene ring substituents is 1. The van der Waals surface area contributed by atoms with Gasteiger partial charge in [0.05, 0.1) is 4.92 Å². The largest absolute Gasteiger partial charge is 0.350 e. The molecule has 0 saturated carbocycles. The van der Waals surface area contributed by atoms with Crippen LogP contribution in [-0.2, 0) is 0 Å². The average molecular weight is 263 g/mol. The molecule has 2 aromatic rings. The number of hydrogen-bond acceptors (Lipinski definition) is 3. The summed E-state index contributed by atoms with van der Waals surface area (Å²) in [6.45, 7) is 1.90. The molecule has 0 heterocycles. The Kier molecular flexibility index (Phi) is 3.48. The van der Waals surface area contributed by atoms with Gasteiger partial charge in [0.1, 0.15) is 5.69 Å². The number of hydrogen-bond donors (Lipinski definition) is 1. The van der Waals surface area contributed by atoms with Crippen LogP contribution >= 0.6 is 11.6 Å². The van der Waals surface area contributed by atoms with Crippen LogP contribution in [0.2, 0.25) is 5.02 Å². The van der Waals surface area contributed by atoms with Gasteiger partial charge in [-0.05, 0) is 30.7 Å². The molecule has 0 bridgehead atoms. The Morgan fingerprint density at radius 3 is 2.61 bits per heavy atom. The molecule has 18 heavy (non-hydrogen) atoms. The second-order valence-corrected chi connectivity index (χ2v) is 4.27. The number of anilines is 2. The van der Waals surface area contributed by atoms with Crippen molar-refractivity contribution < 1.29 is 4.92 Å². The molecule has 0 spiro atoms. The summed E-state index contributed by atoms with van der Waals surface area (Å²) in [5.74, 6) is 0. The standard InChI is InChI=1S/C13H11ClN2O2/c1-9-6-7-10(8-11(9)14)15-12-4-2-3-5-13(12)16(17)18/h2-8,15H,1H3. The summed E-state index contributed by atoms with van der Waals surface area (Å²) in [7, 11) is 0. The van der Waals surface area contributed by atoms with Gasteiger partial charge in [-0.25, -0.2) is 0 Å². The van der Waals surface area contributed by atoms with Crippen molar-refractivity contribution in [3.8, 4) is 0 Å². The smallest absolute Gasteiger partial charge is 0.292 e. The van der Waals surface area contributed by atoms with Crippen molar-refractivity contribution in [3.63, 3.8) is 0 Å². The van der Waals surface area contributed by atoms with Crippen molar-refractivity contribution in [2.75, 3.05) is 5.32 Å². The highest BCUT2D eigenvalue weighted by molar-refractivity contribution is 6.31. The highest BCUT2D eigenvalue weighted by atomic mass is 35.5. The fraction of sp³-hybridized carbons (Fsp3) is 0.0769. The van der Waals surface area contributed by atoms with Gasteiger partial charge >= 0.3 is 0 Å². The molecule has 2 aromatic carbocycles. The predicted octanol–water partition coefficient (Wildman–Crippen LogP) is 4.30. The van der Waals surface area contributed by atoms with E-state index < -0.39 is 4.92 Å². The molecule has 0 saturated heterocycles. The zero-order valence-electron chi connectivity index (χ0n) is 9.68. The lowest BCUT2D eigenvalue weighted by molar-refractivity contribution is -0.383. The van der Waals surface area contributed by atoms with E-state index >= 15 is 0 Å². The molecule has 0 unspecified atom stereocenters. The molecule has 0 amide bonds. The van der Waals surface area contributed by atoms with Gasteiger partial charge in [0.25, 0.3) is 5.69 Å². The van der Waals surface area contributed by atoms with E-state index in [1.807, 2.05) is 19.1 Å². The van der Waals surface area contributed by atoms with Gasteiger partial charge in [0.15, 0.2) is 0 Å². The van der Waals surface area contributed by atoms with Crippen molar-refractivity contribution in [1.82, 2.24) is 0 Å². The molecule has 4 nitrogen and oxygen atoms in total. The van der Waals surface area contributed by atoms with E-state index in [1.165, 1.54) is 6.07 Å². The second kappa shape index (κ2) is 5.06. The Balaban J connectivity index is 2.34. The van der Waals surface area contributed by atoms with Crippen LogP contribution in [0.5, 0.6) is 0 Å². The lowest BCUT2D eigenvalue weighted by atomic mass is 10.2. The molecule has 0 radical (unpaired) electrons. The van der Waals surface area contributed by atoms with Crippen LogP contribution in [0.3, 0.4) is 0 Å². The molecule has 1 N–H and O–H groups in total. The molecule has 0 aromatic heterocycles. The number of nitrogens with zero attached hydrogens (tertiary/aromatic N) is 1. The number of nitro groups is 1. The monoisotopic (exact) mass is 262 g/mol. The number of aryl methyl sites for hydroxylation is 1. The second-order valence-electron chi connectivity index (χ2n) is 3.86. The summed E-state index contributed by atoms with van der Waals surface area (Å²) in [5, 5.41) is 14.5. The zero-order chi connectivity index (χ0) is 13.1. The number of halogens is 1. The fourth-order valence-electron chi connectivity index (χ4n) is 1.56. The van der Waals surface area contributed by atoms with E-state index in [0.29, 0.717) is 10.7 Å². The fourth-order valence-corrected chi connectivity index (χ4v) is 1.75. The molecule has 92 valence electrons. The third-order valence-corrected chi connectivity index (χ3v) is 2.96. The average Bonchev–Trinajstić information content (AvgIpc) is 2.34. The Labute approximate surface area is 109 Å². The van der Waals surface area contributed by atoms with E-state index in [0.717, 1.165) is 11.3 Å². The van der Waals surface area contributed by atoms with Crippen molar-refractivity contribution >= 4 is 28.7 Å². The van der Waals surface area contributed by atoms with Gasteiger partial charge in [-0.2, -0.15) is 0 Å². The summed E-state index contributed by atoms with van der Waals surface area (Å²) < 4.78 is 0. The summed E-state index contributed by atoms with van der Waals surface area (Å²) >= 11 is 6.01. The molecule has 0 aliphatic rings.